The van der Waals surface area contributed by atoms with Crippen LogP contribution in [0.4, 0.5) is 0 Å². The fourth-order valence-corrected chi connectivity index (χ4v) is 2.39. The molecule has 1 aliphatic rings. The van der Waals surface area contributed by atoms with Gasteiger partial charge in [-0.3, -0.25) is 14.4 Å². The lowest BCUT2D eigenvalue weighted by molar-refractivity contribution is -0.147. The molecule has 8 heteroatoms. The number of amides is 2. The van der Waals surface area contributed by atoms with Gasteiger partial charge in [-0.05, 0) is 49.9 Å². The number of nitriles is 1. The average molecular weight is 364 g/mol. The van der Waals surface area contributed by atoms with E-state index in [1.807, 2.05) is 0 Å². The summed E-state index contributed by atoms with van der Waals surface area (Å²) < 4.78 is 4.80. The van der Waals surface area contributed by atoms with E-state index in [9.17, 15) is 14.4 Å². The van der Waals surface area contributed by atoms with E-state index in [-0.39, 0.29) is 12.5 Å². The molecule has 1 saturated carbocycles. The molecule has 0 aromatic heterocycles. The summed E-state index contributed by atoms with van der Waals surface area (Å²) in [6, 6.07) is 8.25. The highest BCUT2D eigenvalue weighted by Crippen LogP contribution is 2.39. The molecule has 1 aromatic rings. The van der Waals surface area contributed by atoms with E-state index < -0.39 is 29.9 Å². The number of benzene rings is 1. The Morgan fingerprint density at radius 2 is 1.96 bits per heavy atom. The van der Waals surface area contributed by atoms with E-state index in [2.05, 4.69) is 16.7 Å². The van der Waals surface area contributed by atoms with Gasteiger partial charge in [-0.1, -0.05) is 11.6 Å². The van der Waals surface area contributed by atoms with Crippen molar-refractivity contribution in [3.8, 4) is 6.07 Å². The van der Waals surface area contributed by atoms with Crippen molar-refractivity contribution in [2.24, 2.45) is 5.92 Å². The summed E-state index contributed by atoms with van der Waals surface area (Å²) in [7, 11) is 0. The second-order valence-corrected chi connectivity index (χ2v) is 6.42. The second-order valence-electron chi connectivity index (χ2n) is 5.99. The van der Waals surface area contributed by atoms with Gasteiger partial charge in [-0.15, -0.1) is 0 Å². The molecule has 2 amide bonds. The van der Waals surface area contributed by atoms with Gasteiger partial charge in [-0.2, -0.15) is 5.26 Å². The van der Waals surface area contributed by atoms with Crippen LogP contribution in [0, 0.1) is 17.2 Å². The molecule has 0 aliphatic heterocycles. The Kier molecular flexibility index (Phi) is 5.99. The molecular weight excluding hydrogens is 346 g/mol. The van der Waals surface area contributed by atoms with Crippen molar-refractivity contribution in [1.29, 1.82) is 5.26 Å². The van der Waals surface area contributed by atoms with Crippen LogP contribution < -0.4 is 10.6 Å². The highest BCUT2D eigenvalue weighted by atomic mass is 35.5. The van der Waals surface area contributed by atoms with Crippen molar-refractivity contribution in [3.05, 3.63) is 34.9 Å². The lowest BCUT2D eigenvalue weighted by Crippen LogP contribution is -2.48. The Hall–Kier alpha value is -2.59. The molecule has 1 fully saturated rings. The predicted octanol–water partition coefficient (Wildman–Crippen LogP) is 1.42. The number of nitrogens with one attached hydrogen (secondary N) is 2. The Labute approximate surface area is 150 Å². The first-order valence-electron chi connectivity index (χ1n) is 7.75. The molecule has 0 unspecified atom stereocenters. The maximum absolute atomic E-state index is 11.8. The number of ether oxygens (including phenoxy) is 1. The van der Waals surface area contributed by atoms with Gasteiger partial charge in [0.25, 0.3) is 11.8 Å². The first kappa shape index (κ1) is 18.7. The number of esters is 1. The van der Waals surface area contributed by atoms with Gasteiger partial charge in [0.15, 0.2) is 6.61 Å². The first-order chi connectivity index (χ1) is 11.8. The van der Waals surface area contributed by atoms with Gasteiger partial charge in [0.05, 0.1) is 6.07 Å². The van der Waals surface area contributed by atoms with E-state index in [1.165, 1.54) is 12.1 Å². The van der Waals surface area contributed by atoms with Gasteiger partial charge in [0.2, 0.25) is 0 Å². The van der Waals surface area contributed by atoms with Crippen LogP contribution in [-0.4, -0.2) is 36.5 Å². The number of halogens is 1. The SMILES string of the molecule is C[C@](C#N)(NC(=O)COC(=O)CNC(=O)c1ccc(Cl)cc1)C1CC1. The quantitative estimate of drug-likeness (QED) is 0.712. The van der Waals surface area contributed by atoms with Gasteiger partial charge < -0.3 is 15.4 Å². The van der Waals surface area contributed by atoms with Crippen LogP contribution in [0.15, 0.2) is 24.3 Å². The lowest BCUT2D eigenvalue weighted by atomic mass is 9.98. The molecule has 0 heterocycles. The molecule has 2 N–H and O–H groups in total. The molecule has 25 heavy (non-hydrogen) atoms. The third-order valence-corrected chi connectivity index (χ3v) is 4.14. The third kappa shape index (κ3) is 5.47. The number of nitrogens with zero attached hydrogens (tertiary/aromatic N) is 1. The van der Waals surface area contributed by atoms with Crippen molar-refractivity contribution in [1.82, 2.24) is 10.6 Å². The molecule has 7 nitrogen and oxygen atoms in total. The molecule has 0 saturated heterocycles. The summed E-state index contributed by atoms with van der Waals surface area (Å²) in [6.07, 6.45) is 1.78. The van der Waals surface area contributed by atoms with Crippen LogP contribution in [0.5, 0.6) is 0 Å². The summed E-state index contributed by atoms with van der Waals surface area (Å²) in [5, 5.41) is 14.6. The number of carbonyl (C=O) groups excluding carboxylic acids is 3. The molecule has 0 bridgehead atoms. The Morgan fingerprint density at radius 1 is 1.32 bits per heavy atom. The summed E-state index contributed by atoms with van der Waals surface area (Å²) in [5.74, 6) is -1.62. The predicted molar refractivity (Wildman–Crippen MR) is 89.6 cm³/mol. The number of hydrogen-bond acceptors (Lipinski definition) is 5. The minimum atomic E-state index is -0.938. The Balaban J connectivity index is 1.71. The number of carbonyl (C=O) groups is 3. The first-order valence-corrected chi connectivity index (χ1v) is 8.13. The van der Waals surface area contributed by atoms with E-state index in [0.717, 1.165) is 12.8 Å². The summed E-state index contributed by atoms with van der Waals surface area (Å²) in [6.45, 7) is 0.781. The highest BCUT2D eigenvalue weighted by Gasteiger charge is 2.43. The van der Waals surface area contributed by atoms with Crippen LogP contribution in [0.3, 0.4) is 0 Å². The molecule has 2 rings (SSSR count). The average Bonchev–Trinajstić information content (AvgIpc) is 3.44. The van der Waals surface area contributed by atoms with Crippen molar-refractivity contribution < 1.29 is 19.1 Å². The van der Waals surface area contributed by atoms with Crippen molar-refractivity contribution in [2.45, 2.75) is 25.3 Å². The zero-order valence-corrected chi connectivity index (χ0v) is 14.4. The smallest absolute Gasteiger partial charge is 0.325 e. The molecule has 1 aromatic carbocycles. The van der Waals surface area contributed by atoms with E-state index in [4.69, 9.17) is 21.6 Å². The number of rotatable bonds is 7. The van der Waals surface area contributed by atoms with Gasteiger partial charge in [-0.25, -0.2) is 0 Å². The third-order valence-electron chi connectivity index (χ3n) is 3.89. The van der Waals surface area contributed by atoms with Gasteiger partial charge in [0.1, 0.15) is 12.1 Å². The molecule has 0 spiro atoms. The largest absolute Gasteiger partial charge is 0.454 e. The fraction of sp³-hybridized carbons (Fsp3) is 0.412. The highest BCUT2D eigenvalue weighted by molar-refractivity contribution is 6.30. The Morgan fingerprint density at radius 3 is 2.52 bits per heavy atom. The van der Waals surface area contributed by atoms with Gasteiger partial charge in [0, 0.05) is 10.6 Å². The van der Waals surface area contributed by atoms with Crippen LogP contribution in [0.2, 0.25) is 5.02 Å². The molecule has 1 aliphatic carbocycles. The maximum Gasteiger partial charge on any atom is 0.325 e. The molecular formula is C17H18ClN3O4. The van der Waals surface area contributed by atoms with Crippen molar-refractivity contribution in [2.75, 3.05) is 13.2 Å². The van der Waals surface area contributed by atoms with Crippen LogP contribution in [0.25, 0.3) is 0 Å². The zero-order valence-electron chi connectivity index (χ0n) is 13.7. The van der Waals surface area contributed by atoms with E-state index in [0.29, 0.717) is 10.6 Å². The van der Waals surface area contributed by atoms with Crippen molar-refractivity contribution in [3.63, 3.8) is 0 Å². The van der Waals surface area contributed by atoms with E-state index >= 15 is 0 Å². The van der Waals surface area contributed by atoms with Crippen LogP contribution in [-0.2, 0) is 14.3 Å². The van der Waals surface area contributed by atoms with E-state index in [1.54, 1.807) is 19.1 Å². The molecule has 132 valence electrons. The summed E-state index contributed by atoms with van der Waals surface area (Å²) in [5.41, 5.74) is -0.587. The van der Waals surface area contributed by atoms with Gasteiger partial charge >= 0.3 is 5.97 Å². The number of hydrogen-bond donors (Lipinski definition) is 2. The van der Waals surface area contributed by atoms with Crippen LogP contribution in [0.1, 0.15) is 30.1 Å². The zero-order chi connectivity index (χ0) is 18.4. The second kappa shape index (κ2) is 7.99. The van der Waals surface area contributed by atoms with Crippen LogP contribution >= 0.6 is 11.6 Å². The minimum absolute atomic E-state index is 0.135. The fourth-order valence-electron chi connectivity index (χ4n) is 2.26. The monoisotopic (exact) mass is 363 g/mol. The Bertz CT molecular complexity index is 710. The normalized spacial score (nSPS) is 15.4. The summed E-state index contributed by atoms with van der Waals surface area (Å²) in [4.78, 5) is 35.3. The maximum atomic E-state index is 11.8. The topological polar surface area (TPSA) is 108 Å². The molecule has 1 atom stereocenters. The minimum Gasteiger partial charge on any atom is -0.454 e. The summed E-state index contributed by atoms with van der Waals surface area (Å²) >= 11 is 5.73. The molecule has 0 radical (unpaired) electrons. The van der Waals surface area contributed by atoms with Crippen molar-refractivity contribution >= 4 is 29.4 Å². The standard InChI is InChI=1S/C17H18ClN3O4/c1-17(10-19,12-4-5-12)21-14(22)9-25-15(23)8-20-16(24)11-2-6-13(18)7-3-11/h2-3,6-7,12H,4-5,8-9H2,1H3,(H,20,24)(H,21,22)/t17-/m1/s1. The lowest BCUT2D eigenvalue weighted by Gasteiger charge is -2.22.